The number of hydrogen-bond donors (Lipinski definition) is 2. The lowest BCUT2D eigenvalue weighted by molar-refractivity contribution is -0.137. The van der Waals surface area contributed by atoms with Crippen LogP contribution in [0.25, 0.3) is 21.6 Å². The monoisotopic (exact) mass is 299 g/mol. The number of hydrogen-bond acceptors (Lipinski definition) is 5. The Morgan fingerprint density at radius 1 is 1.24 bits per heavy atom. The average molecular weight is 299 g/mol. The molecule has 0 radical (unpaired) electrons. The summed E-state index contributed by atoms with van der Waals surface area (Å²) >= 11 is 1.55. The molecule has 3 aromatic rings. The number of aromatic nitrogens is 2. The number of thiophene rings is 1. The Kier molecular flexibility index (Phi) is 3.53. The van der Waals surface area contributed by atoms with Crippen molar-refractivity contribution in [1.82, 2.24) is 9.97 Å². The first-order valence-corrected chi connectivity index (χ1v) is 7.33. The Morgan fingerprint density at radius 2 is 2.05 bits per heavy atom. The van der Waals surface area contributed by atoms with Crippen LogP contribution < -0.4 is 5.32 Å². The molecular formula is C15H13N3O2S. The Balaban J connectivity index is 2.14. The normalized spacial score (nSPS) is 12.2. The van der Waals surface area contributed by atoms with E-state index in [0.29, 0.717) is 11.6 Å². The van der Waals surface area contributed by atoms with Crippen LogP contribution in [0.1, 0.15) is 6.92 Å². The highest BCUT2D eigenvalue weighted by molar-refractivity contribution is 7.13. The highest BCUT2D eigenvalue weighted by atomic mass is 32.1. The molecule has 0 aliphatic carbocycles. The van der Waals surface area contributed by atoms with E-state index in [2.05, 4.69) is 15.3 Å². The first-order chi connectivity index (χ1) is 10.1. The second-order valence-corrected chi connectivity index (χ2v) is 5.54. The minimum Gasteiger partial charge on any atom is -0.480 e. The lowest BCUT2D eigenvalue weighted by Gasteiger charge is -2.13. The van der Waals surface area contributed by atoms with E-state index in [4.69, 9.17) is 5.11 Å². The first-order valence-electron chi connectivity index (χ1n) is 6.45. The molecule has 2 aromatic heterocycles. The lowest BCUT2D eigenvalue weighted by Crippen LogP contribution is -2.26. The van der Waals surface area contributed by atoms with Gasteiger partial charge in [-0.1, -0.05) is 18.2 Å². The average Bonchev–Trinajstić information content (AvgIpc) is 3.01. The number of aliphatic carboxylic acids is 1. The Hall–Kier alpha value is -2.47. The van der Waals surface area contributed by atoms with Gasteiger partial charge in [0.2, 0.25) is 0 Å². The van der Waals surface area contributed by atoms with E-state index in [1.165, 1.54) is 0 Å². The number of carboxylic acid groups (broad SMARTS) is 1. The number of carboxylic acids is 1. The van der Waals surface area contributed by atoms with Gasteiger partial charge in [0, 0.05) is 5.39 Å². The fourth-order valence-corrected chi connectivity index (χ4v) is 2.63. The summed E-state index contributed by atoms with van der Waals surface area (Å²) in [5.41, 5.74) is 0.788. The smallest absolute Gasteiger partial charge is 0.325 e. The Labute approximate surface area is 125 Å². The van der Waals surface area contributed by atoms with Crippen LogP contribution in [0.5, 0.6) is 0 Å². The van der Waals surface area contributed by atoms with Crippen molar-refractivity contribution in [1.29, 1.82) is 0 Å². The molecule has 3 rings (SSSR count). The molecule has 0 amide bonds. The summed E-state index contributed by atoms with van der Waals surface area (Å²) in [7, 11) is 0. The highest BCUT2D eigenvalue weighted by Crippen LogP contribution is 2.27. The molecule has 0 saturated carbocycles. The van der Waals surface area contributed by atoms with Gasteiger partial charge in [0.25, 0.3) is 0 Å². The minimum atomic E-state index is -0.921. The van der Waals surface area contributed by atoms with E-state index in [1.54, 1.807) is 18.3 Å². The number of benzene rings is 1. The molecule has 2 N–H and O–H groups in total. The molecule has 0 bridgehead atoms. The highest BCUT2D eigenvalue weighted by Gasteiger charge is 2.15. The first kappa shape index (κ1) is 13.5. The van der Waals surface area contributed by atoms with Crippen molar-refractivity contribution in [3.05, 3.63) is 41.8 Å². The van der Waals surface area contributed by atoms with Gasteiger partial charge in [-0.3, -0.25) is 4.79 Å². The van der Waals surface area contributed by atoms with Gasteiger partial charge >= 0.3 is 5.97 Å². The van der Waals surface area contributed by atoms with Crippen LogP contribution in [0.15, 0.2) is 41.8 Å². The largest absolute Gasteiger partial charge is 0.480 e. The maximum atomic E-state index is 11.0. The van der Waals surface area contributed by atoms with Crippen LogP contribution in [-0.2, 0) is 4.79 Å². The van der Waals surface area contributed by atoms with Crippen molar-refractivity contribution in [2.45, 2.75) is 13.0 Å². The zero-order valence-electron chi connectivity index (χ0n) is 11.3. The summed E-state index contributed by atoms with van der Waals surface area (Å²) in [6.07, 6.45) is 0. The van der Waals surface area contributed by atoms with Gasteiger partial charge in [-0.25, -0.2) is 9.97 Å². The van der Waals surface area contributed by atoms with Gasteiger partial charge in [0.15, 0.2) is 5.82 Å². The predicted molar refractivity (Wildman–Crippen MR) is 83.6 cm³/mol. The van der Waals surface area contributed by atoms with E-state index in [9.17, 15) is 4.79 Å². The van der Waals surface area contributed by atoms with Gasteiger partial charge < -0.3 is 10.4 Å². The SMILES string of the molecule is CC(Nc1nc(-c2cccs2)nc2ccccc12)C(=O)O. The zero-order valence-corrected chi connectivity index (χ0v) is 12.1. The summed E-state index contributed by atoms with van der Waals surface area (Å²) < 4.78 is 0. The molecule has 0 aliphatic heterocycles. The third-order valence-electron chi connectivity index (χ3n) is 3.07. The predicted octanol–water partition coefficient (Wildman–Crippen LogP) is 3.24. The van der Waals surface area contributed by atoms with Gasteiger partial charge in [0.1, 0.15) is 11.9 Å². The van der Waals surface area contributed by atoms with E-state index in [0.717, 1.165) is 15.8 Å². The Bertz CT molecular complexity index is 787. The fourth-order valence-electron chi connectivity index (χ4n) is 1.97. The second-order valence-electron chi connectivity index (χ2n) is 4.59. The maximum absolute atomic E-state index is 11.0. The van der Waals surface area contributed by atoms with Crippen molar-refractivity contribution in [2.75, 3.05) is 5.32 Å². The summed E-state index contributed by atoms with van der Waals surface area (Å²) in [6.45, 7) is 1.59. The number of rotatable bonds is 4. The number of nitrogens with one attached hydrogen (secondary N) is 1. The van der Waals surface area contributed by atoms with E-state index in [1.807, 2.05) is 41.8 Å². The number of para-hydroxylation sites is 1. The summed E-state index contributed by atoms with van der Waals surface area (Å²) in [6, 6.07) is 10.7. The molecule has 1 atom stereocenters. The van der Waals surface area contributed by atoms with Crippen LogP contribution >= 0.6 is 11.3 Å². The van der Waals surface area contributed by atoms with Crippen molar-refractivity contribution >= 4 is 34.0 Å². The zero-order chi connectivity index (χ0) is 14.8. The van der Waals surface area contributed by atoms with Crippen molar-refractivity contribution in [3.63, 3.8) is 0 Å². The van der Waals surface area contributed by atoms with Crippen LogP contribution in [0, 0.1) is 0 Å². The molecule has 106 valence electrons. The molecule has 5 nitrogen and oxygen atoms in total. The number of nitrogens with zero attached hydrogens (tertiary/aromatic N) is 2. The topological polar surface area (TPSA) is 75.1 Å². The standard InChI is InChI=1S/C15H13N3O2S/c1-9(15(19)20)16-13-10-5-2-3-6-11(10)17-14(18-13)12-7-4-8-21-12/h2-9H,1H3,(H,19,20)(H,16,17,18). The molecule has 2 heterocycles. The van der Waals surface area contributed by atoms with Crippen molar-refractivity contribution in [3.8, 4) is 10.7 Å². The number of carbonyl (C=O) groups is 1. The van der Waals surface area contributed by atoms with E-state index in [-0.39, 0.29) is 0 Å². The molecule has 21 heavy (non-hydrogen) atoms. The van der Waals surface area contributed by atoms with Crippen molar-refractivity contribution < 1.29 is 9.90 Å². The fraction of sp³-hybridized carbons (Fsp3) is 0.133. The van der Waals surface area contributed by atoms with Crippen LogP contribution in [0.4, 0.5) is 5.82 Å². The van der Waals surface area contributed by atoms with E-state index < -0.39 is 12.0 Å². The maximum Gasteiger partial charge on any atom is 0.325 e. The molecule has 6 heteroatoms. The van der Waals surface area contributed by atoms with Crippen LogP contribution in [0.3, 0.4) is 0 Å². The third kappa shape index (κ3) is 2.71. The number of anilines is 1. The molecule has 0 fully saturated rings. The minimum absolute atomic E-state index is 0.541. The lowest BCUT2D eigenvalue weighted by atomic mass is 10.2. The molecule has 0 saturated heterocycles. The van der Waals surface area contributed by atoms with Crippen molar-refractivity contribution in [2.24, 2.45) is 0 Å². The van der Waals surface area contributed by atoms with Crippen LogP contribution in [-0.4, -0.2) is 27.1 Å². The quantitative estimate of drug-likeness (QED) is 0.773. The molecule has 1 unspecified atom stereocenters. The summed E-state index contributed by atoms with van der Waals surface area (Å²) in [5, 5.41) is 14.8. The Morgan fingerprint density at radius 3 is 2.76 bits per heavy atom. The molecule has 0 spiro atoms. The molecular weight excluding hydrogens is 286 g/mol. The van der Waals surface area contributed by atoms with Gasteiger partial charge in [-0.15, -0.1) is 11.3 Å². The van der Waals surface area contributed by atoms with Crippen LogP contribution in [0.2, 0.25) is 0 Å². The van der Waals surface area contributed by atoms with Gasteiger partial charge in [-0.05, 0) is 30.5 Å². The molecule has 1 aromatic carbocycles. The third-order valence-corrected chi connectivity index (χ3v) is 3.93. The second kappa shape index (κ2) is 5.49. The molecule has 0 aliphatic rings. The summed E-state index contributed by atoms with van der Waals surface area (Å²) in [4.78, 5) is 21.0. The number of fused-ring (bicyclic) bond motifs is 1. The summed E-state index contributed by atoms with van der Waals surface area (Å²) in [5.74, 6) is 0.220. The van der Waals surface area contributed by atoms with E-state index >= 15 is 0 Å². The van der Waals surface area contributed by atoms with Gasteiger partial charge in [-0.2, -0.15) is 0 Å². The van der Waals surface area contributed by atoms with Gasteiger partial charge in [0.05, 0.1) is 10.4 Å².